The van der Waals surface area contributed by atoms with E-state index in [-0.39, 0.29) is 0 Å². The van der Waals surface area contributed by atoms with Gasteiger partial charge in [-0.05, 0) is 12.3 Å². The van der Waals surface area contributed by atoms with Crippen molar-refractivity contribution in [2.45, 2.75) is 24.6 Å². The van der Waals surface area contributed by atoms with Crippen LogP contribution in [0.3, 0.4) is 0 Å². The van der Waals surface area contributed by atoms with Gasteiger partial charge in [0, 0.05) is 30.4 Å². The van der Waals surface area contributed by atoms with Gasteiger partial charge in [-0.2, -0.15) is 0 Å². The molecule has 3 N–H and O–H groups in total. The van der Waals surface area contributed by atoms with Crippen LogP contribution in [0.25, 0.3) is 0 Å². The maximum Gasteiger partial charge on any atom is 0.188 e. The van der Waals surface area contributed by atoms with Crippen LogP contribution in [0.5, 0.6) is 0 Å². The molecular weight excluding hydrogens is 252 g/mol. The topological polar surface area (TPSA) is 63.3 Å². The molecule has 1 aromatic rings. The molecule has 1 aromatic heterocycles. The van der Waals surface area contributed by atoms with E-state index in [1.165, 1.54) is 0 Å². The van der Waals surface area contributed by atoms with Crippen molar-refractivity contribution < 1.29 is 0 Å². The summed E-state index contributed by atoms with van der Waals surface area (Å²) in [6.07, 6.45) is 2.89. The number of guanidine groups is 1. The van der Waals surface area contributed by atoms with E-state index in [1.54, 1.807) is 23.1 Å². The highest BCUT2D eigenvalue weighted by atomic mass is 32.2. The maximum absolute atomic E-state index is 5.72. The highest BCUT2D eigenvalue weighted by molar-refractivity contribution is 8.00. The summed E-state index contributed by atoms with van der Waals surface area (Å²) in [5.74, 6) is 2.16. The van der Waals surface area contributed by atoms with Crippen molar-refractivity contribution >= 4 is 29.1 Å². The van der Waals surface area contributed by atoms with Gasteiger partial charge in [-0.15, -0.1) is 11.3 Å². The Bertz CT molecular complexity index is 322. The fourth-order valence-electron chi connectivity index (χ4n) is 1.07. The largest absolute Gasteiger partial charge is 0.370 e. The molecule has 17 heavy (non-hydrogen) atoms. The summed E-state index contributed by atoms with van der Waals surface area (Å²) in [4.78, 5) is 8.45. The van der Waals surface area contributed by atoms with Crippen LogP contribution < -0.4 is 11.1 Å². The van der Waals surface area contributed by atoms with Crippen LogP contribution >= 0.6 is 23.1 Å². The molecule has 0 bridgehead atoms. The Hall–Kier alpha value is -0.750. The molecule has 0 spiro atoms. The van der Waals surface area contributed by atoms with Gasteiger partial charge in [-0.1, -0.05) is 25.6 Å². The van der Waals surface area contributed by atoms with Crippen molar-refractivity contribution in [3.05, 3.63) is 11.6 Å². The van der Waals surface area contributed by atoms with Gasteiger partial charge in [0.2, 0.25) is 0 Å². The number of nitrogens with two attached hydrogens (primary N) is 1. The lowest BCUT2D eigenvalue weighted by Gasteiger charge is -2.05. The van der Waals surface area contributed by atoms with Crippen molar-refractivity contribution in [1.29, 1.82) is 0 Å². The lowest BCUT2D eigenvalue weighted by molar-refractivity contribution is 0.661. The first-order valence-corrected chi connectivity index (χ1v) is 7.61. The van der Waals surface area contributed by atoms with E-state index in [1.807, 2.05) is 11.6 Å². The Morgan fingerprint density at radius 1 is 1.65 bits per heavy atom. The van der Waals surface area contributed by atoms with Gasteiger partial charge in [0.25, 0.3) is 0 Å². The van der Waals surface area contributed by atoms with Gasteiger partial charge in [0.05, 0.1) is 0 Å². The van der Waals surface area contributed by atoms with Crippen LogP contribution in [-0.2, 0) is 0 Å². The third-order valence-corrected chi connectivity index (χ3v) is 3.94. The minimum Gasteiger partial charge on any atom is -0.370 e. The van der Waals surface area contributed by atoms with Crippen molar-refractivity contribution in [2.75, 3.05) is 18.8 Å². The minimum absolute atomic E-state index is 0.552. The fraction of sp³-hybridized carbons (Fsp3) is 0.636. The van der Waals surface area contributed by atoms with E-state index in [2.05, 4.69) is 29.1 Å². The molecule has 0 saturated heterocycles. The molecular formula is C11H20N4S2. The van der Waals surface area contributed by atoms with Crippen LogP contribution in [0.15, 0.2) is 20.9 Å². The molecule has 0 aliphatic heterocycles. The number of nitrogens with zero attached hydrogens (tertiary/aromatic N) is 2. The molecule has 4 nitrogen and oxygen atoms in total. The van der Waals surface area contributed by atoms with Gasteiger partial charge >= 0.3 is 0 Å². The summed E-state index contributed by atoms with van der Waals surface area (Å²) < 4.78 is 1.13. The third kappa shape index (κ3) is 7.23. The monoisotopic (exact) mass is 272 g/mol. The Balaban J connectivity index is 2.02. The first-order chi connectivity index (χ1) is 8.18. The normalized spacial score (nSPS) is 12.1. The first-order valence-electron chi connectivity index (χ1n) is 5.74. The van der Waals surface area contributed by atoms with Crippen molar-refractivity contribution in [3.8, 4) is 0 Å². The SMILES string of the molecule is CC(C)CN=C(N)NCCCSc1nccs1. The lowest BCUT2D eigenvalue weighted by atomic mass is 10.2. The molecule has 0 saturated carbocycles. The summed E-state index contributed by atoms with van der Waals surface area (Å²) in [5, 5.41) is 5.11. The second-order valence-electron chi connectivity index (χ2n) is 4.05. The molecule has 0 radical (unpaired) electrons. The molecule has 0 amide bonds. The quantitative estimate of drug-likeness (QED) is 0.346. The van der Waals surface area contributed by atoms with Gasteiger partial charge < -0.3 is 11.1 Å². The number of hydrogen-bond acceptors (Lipinski definition) is 4. The zero-order valence-corrected chi connectivity index (χ0v) is 12.0. The summed E-state index contributed by atoms with van der Waals surface area (Å²) in [6, 6.07) is 0. The van der Waals surface area contributed by atoms with Crippen LogP contribution in [-0.4, -0.2) is 29.8 Å². The van der Waals surface area contributed by atoms with E-state index in [0.717, 1.165) is 29.6 Å². The van der Waals surface area contributed by atoms with Crippen LogP contribution in [0.2, 0.25) is 0 Å². The highest BCUT2D eigenvalue weighted by Gasteiger charge is 1.97. The summed E-state index contributed by atoms with van der Waals surface area (Å²) in [5.41, 5.74) is 5.72. The Labute approximate surface area is 111 Å². The van der Waals surface area contributed by atoms with Crippen molar-refractivity contribution in [3.63, 3.8) is 0 Å². The number of thiazole rings is 1. The fourth-order valence-corrected chi connectivity index (χ4v) is 2.71. The Kier molecular flexibility index (Phi) is 7.04. The molecule has 1 rings (SSSR count). The molecule has 6 heteroatoms. The molecule has 0 atom stereocenters. The highest BCUT2D eigenvalue weighted by Crippen LogP contribution is 2.20. The molecule has 96 valence electrons. The molecule has 0 aromatic carbocycles. The molecule has 0 aliphatic carbocycles. The second kappa shape index (κ2) is 8.36. The van der Waals surface area contributed by atoms with Gasteiger partial charge in [0.1, 0.15) is 4.34 Å². The van der Waals surface area contributed by atoms with E-state index >= 15 is 0 Å². The summed E-state index contributed by atoms with van der Waals surface area (Å²) >= 11 is 3.47. The number of rotatable bonds is 7. The van der Waals surface area contributed by atoms with Crippen molar-refractivity contribution in [1.82, 2.24) is 10.3 Å². The first kappa shape index (κ1) is 14.3. The average Bonchev–Trinajstić information content (AvgIpc) is 2.79. The zero-order chi connectivity index (χ0) is 12.5. The molecule has 0 aliphatic rings. The number of hydrogen-bond donors (Lipinski definition) is 2. The number of aromatic nitrogens is 1. The van der Waals surface area contributed by atoms with Gasteiger partial charge in [0.15, 0.2) is 5.96 Å². The maximum atomic E-state index is 5.72. The zero-order valence-electron chi connectivity index (χ0n) is 10.3. The predicted octanol–water partition coefficient (Wildman–Crippen LogP) is 2.19. The summed E-state index contributed by atoms with van der Waals surface area (Å²) in [6.45, 7) is 5.90. The smallest absolute Gasteiger partial charge is 0.188 e. The average molecular weight is 272 g/mol. The minimum atomic E-state index is 0.552. The standard InChI is InChI=1S/C11H20N4S2/c1-9(2)8-15-10(12)13-4-3-6-16-11-14-5-7-17-11/h5,7,9H,3-4,6,8H2,1-2H3,(H3,12,13,15). The van der Waals surface area contributed by atoms with E-state index in [9.17, 15) is 0 Å². The van der Waals surface area contributed by atoms with E-state index in [4.69, 9.17) is 5.73 Å². The second-order valence-corrected chi connectivity index (χ2v) is 6.28. The predicted molar refractivity (Wildman–Crippen MR) is 76.8 cm³/mol. The van der Waals surface area contributed by atoms with Gasteiger partial charge in [-0.25, -0.2) is 4.98 Å². The molecule has 0 fully saturated rings. The molecule has 0 unspecified atom stereocenters. The van der Waals surface area contributed by atoms with Crippen molar-refractivity contribution in [2.24, 2.45) is 16.6 Å². The third-order valence-electron chi connectivity index (χ3n) is 1.89. The molecule has 1 heterocycles. The van der Waals surface area contributed by atoms with E-state index < -0.39 is 0 Å². The number of thioether (sulfide) groups is 1. The van der Waals surface area contributed by atoms with Crippen LogP contribution in [0, 0.1) is 5.92 Å². The number of aliphatic imine (C=N–C) groups is 1. The number of nitrogens with one attached hydrogen (secondary N) is 1. The van der Waals surface area contributed by atoms with E-state index in [0.29, 0.717) is 11.9 Å². The summed E-state index contributed by atoms with van der Waals surface area (Å²) in [7, 11) is 0. The Morgan fingerprint density at radius 3 is 3.12 bits per heavy atom. The van der Waals surface area contributed by atoms with Crippen LogP contribution in [0.4, 0.5) is 0 Å². The van der Waals surface area contributed by atoms with Gasteiger partial charge in [-0.3, -0.25) is 4.99 Å². The Morgan fingerprint density at radius 2 is 2.47 bits per heavy atom. The van der Waals surface area contributed by atoms with Crippen LogP contribution in [0.1, 0.15) is 20.3 Å². The lowest BCUT2D eigenvalue weighted by Crippen LogP contribution is -2.33.